The fraction of sp³-hybridized carbons (Fsp3) is 0.812. The standard InChI is InChI=1S/C16H26O8/c1-6-11(12(17)20-5)15(4)23-9-16(10-24-15,13(18)21-7-2)14(19)22-8-3/h11H,6-10H2,1-5H3. The Bertz CT molecular complexity index is 445. The molecule has 0 radical (unpaired) electrons. The molecule has 0 aromatic rings. The molecule has 1 fully saturated rings. The predicted octanol–water partition coefficient (Wildman–Crippen LogP) is 1.06. The Balaban J connectivity index is 3.02. The molecule has 0 amide bonds. The first-order chi connectivity index (χ1) is 11.3. The SMILES string of the molecule is CCOC(=O)C1(C(=O)OCC)COC(C)(C(CC)C(=O)OC)OC1. The highest BCUT2D eigenvalue weighted by Crippen LogP contribution is 2.38. The van der Waals surface area contributed by atoms with Gasteiger partial charge in [-0.15, -0.1) is 0 Å². The van der Waals surface area contributed by atoms with Crippen molar-refractivity contribution < 1.29 is 38.1 Å². The summed E-state index contributed by atoms with van der Waals surface area (Å²) < 4.78 is 26.1. The topological polar surface area (TPSA) is 97.4 Å². The first kappa shape index (κ1) is 20.4. The number of hydrogen-bond acceptors (Lipinski definition) is 8. The highest BCUT2D eigenvalue weighted by Gasteiger charge is 2.57. The molecule has 138 valence electrons. The van der Waals surface area contributed by atoms with Crippen molar-refractivity contribution in [3.05, 3.63) is 0 Å². The normalized spacial score (nSPS) is 19.9. The second-order valence-electron chi connectivity index (χ2n) is 5.60. The molecule has 24 heavy (non-hydrogen) atoms. The van der Waals surface area contributed by atoms with Crippen LogP contribution in [-0.2, 0) is 38.1 Å². The van der Waals surface area contributed by atoms with Crippen molar-refractivity contribution in [3.63, 3.8) is 0 Å². The third kappa shape index (κ3) is 3.87. The Labute approximate surface area is 141 Å². The first-order valence-corrected chi connectivity index (χ1v) is 8.01. The lowest BCUT2D eigenvalue weighted by atomic mass is 9.87. The Hall–Kier alpha value is -1.67. The van der Waals surface area contributed by atoms with Crippen LogP contribution in [0.2, 0.25) is 0 Å². The average Bonchev–Trinajstić information content (AvgIpc) is 2.56. The zero-order valence-electron chi connectivity index (χ0n) is 14.9. The molecule has 8 nitrogen and oxygen atoms in total. The molecule has 1 saturated heterocycles. The van der Waals surface area contributed by atoms with Gasteiger partial charge in [-0.1, -0.05) is 6.92 Å². The van der Waals surface area contributed by atoms with Crippen LogP contribution in [0.3, 0.4) is 0 Å². The minimum Gasteiger partial charge on any atom is -0.469 e. The molecule has 0 aliphatic carbocycles. The van der Waals surface area contributed by atoms with Crippen LogP contribution >= 0.6 is 0 Å². The van der Waals surface area contributed by atoms with E-state index in [0.29, 0.717) is 6.42 Å². The van der Waals surface area contributed by atoms with Crippen molar-refractivity contribution in [2.45, 2.75) is 39.9 Å². The monoisotopic (exact) mass is 346 g/mol. The Morgan fingerprint density at radius 3 is 1.79 bits per heavy atom. The molecular weight excluding hydrogens is 320 g/mol. The zero-order chi connectivity index (χ0) is 18.4. The van der Waals surface area contributed by atoms with Gasteiger partial charge in [-0.05, 0) is 27.2 Å². The number of rotatable bonds is 7. The second kappa shape index (κ2) is 8.43. The summed E-state index contributed by atoms with van der Waals surface area (Å²) in [5.74, 6) is -4.01. The van der Waals surface area contributed by atoms with Gasteiger partial charge in [-0.2, -0.15) is 0 Å². The van der Waals surface area contributed by atoms with Crippen LogP contribution in [0.25, 0.3) is 0 Å². The van der Waals surface area contributed by atoms with E-state index in [9.17, 15) is 14.4 Å². The van der Waals surface area contributed by atoms with Gasteiger partial charge in [0, 0.05) is 0 Å². The third-order valence-electron chi connectivity index (χ3n) is 4.07. The number of methoxy groups -OCH3 is 1. The quantitative estimate of drug-likeness (QED) is 0.383. The van der Waals surface area contributed by atoms with E-state index in [1.807, 2.05) is 0 Å². The maximum Gasteiger partial charge on any atom is 0.328 e. The fourth-order valence-corrected chi connectivity index (χ4v) is 2.57. The molecule has 1 aliphatic heterocycles. The van der Waals surface area contributed by atoms with Gasteiger partial charge in [0.25, 0.3) is 0 Å². The summed E-state index contributed by atoms with van der Waals surface area (Å²) in [6.45, 7) is 6.26. The lowest BCUT2D eigenvalue weighted by Crippen LogP contribution is -2.59. The highest BCUT2D eigenvalue weighted by atomic mass is 16.7. The summed E-state index contributed by atoms with van der Waals surface area (Å²) in [6, 6.07) is 0. The number of hydrogen-bond donors (Lipinski definition) is 0. The molecular formula is C16H26O8. The first-order valence-electron chi connectivity index (χ1n) is 8.01. The van der Waals surface area contributed by atoms with Crippen LogP contribution in [0.5, 0.6) is 0 Å². The zero-order valence-corrected chi connectivity index (χ0v) is 14.9. The summed E-state index contributed by atoms with van der Waals surface area (Å²) in [4.78, 5) is 36.5. The van der Waals surface area contributed by atoms with Crippen molar-refractivity contribution in [2.75, 3.05) is 33.5 Å². The van der Waals surface area contributed by atoms with Gasteiger partial charge < -0.3 is 23.7 Å². The average molecular weight is 346 g/mol. The molecule has 1 heterocycles. The number of ether oxygens (including phenoxy) is 5. The van der Waals surface area contributed by atoms with Crippen LogP contribution in [0, 0.1) is 11.3 Å². The molecule has 0 saturated carbocycles. The van der Waals surface area contributed by atoms with E-state index in [1.54, 1.807) is 27.7 Å². The van der Waals surface area contributed by atoms with Gasteiger partial charge in [-0.3, -0.25) is 14.4 Å². The van der Waals surface area contributed by atoms with E-state index in [4.69, 9.17) is 23.7 Å². The lowest BCUT2D eigenvalue weighted by molar-refractivity contribution is -0.311. The van der Waals surface area contributed by atoms with Gasteiger partial charge in [0.2, 0.25) is 5.41 Å². The predicted molar refractivity (Wildman–Crippen MR) is 81.8 cm³/mol. The van der Waals surface area contributed by atoms with E-state index < -0.39 is 35.0 Å². The van der Waals surface area contributed by atoms with Crippen LogP contribution in [0.15, 0.2) is 0 Å². The molecule has 1 aliphatic rings. The van der Waals surface area contributed by atoms with Gasteiger partial charge in [-0.25, -0.2) is 0 Å². The van der Waals surface area contributed by atoms with Crippen molar-refractivity contribution >= 4 is 17.9 Å². The maximum atomic E-state index is 12.3. The van der Waals surface area contributed by atoms with Crippen LogP contribution in [0.1, 0.15) is 34.1 Å². The van der Waals surface area contributed by atoms with Gasteiger partial charge in [0.05, 0.1) is 33.5 Å². The fourth-order valence-electron chi connectivity index (χ4n) is 2.57. The molecule has 0 spiro atoms. The number of carbonyl (C=O) groups excluding carboxylic acids is 3. The molecule has 0 bridgehead atoms. The summed E-state index contributed by atoms with van der Waals surface area (Å²) in [6.07, 6.45) is 0.412. The molecule has 8 heteroatoms. The van der Waals surface area contributed by atoms with E-state index in [-0.39, 0.29) is 26.4 Å². The Morgan fingerprint density at radius 1 is 1.00 bits per heavy atom. The van der Waals surface area contributed by atoms with Crippen molar-refractivity contribution in [1.82, 2.24) is 0 Å². The van der Waals surface area contributed by atoms with E-state index >= 15 is 0 Å². The van der Waals surface area contributed by atoms with Gasteiger partial charge in [0.15, 0.2) is 5.79 Å². The molecule has 0 aromatic carbocycles. The summed E-state index contributed by atoms with van der Waals surface area (Å²) in [5, 5.41) is 0. The number of esters is 3. The summed E-state index contributed by atoms with van der Waals surface area (Å²) >= 11 is 0. The smallest absolute Gasteiger partial charge is 0.328 e. The minimum absolute atomic E-state index is 0.108. The van der Waals surface area contributed by atoms with Crippen LogP contribution in [-0.4, -0.2) is 57.2 Å². The summed E-state index contributed by atoms with van der Waals surface area (Å²) in [7, 11) is 1.28. The summed E-state index contributed by atoms with van der Waals surface area (Å²) in [5.41, 5.74) is -1.69. The highest BCUT2D eigenvalue weighted by molar-refractivity contribution is 6.00. The second-order valence-corrected chi connectivity index (χ2v) is 5.60. The van der Waals surface area contributed by atoms with E-state index in [2.05, 4.69) is 0 Å². The molecule has 0 aromatic heterocycles. The van der Waals surface area contributed by atoms with Crippen molar-refractivity contribution in [2.24, 2.45) is 11.3 Å². The molecule has 1 atom stereocenters. The molecule has 1 rings (SSSR count). The minimum atomic E-state index is -1.69. The van der Waals surface area contributed by atoms with Crippen LogP contribution < -0.4 is 0 Å². The molecule has 1 unspecified atom stereocenters. The Morgan fingerprint density at radius 2 is 1.46 bits per heavy atom. The van der Waals surface area contributed by atoms with E-state index in [1.165, 1.54) is 7.11 Å². The third-order valence-corrected chi connectivity index (χ3v) is 4.07. The van der Waals surface area contributed by atoms with Crippen LogP contribution in [0.4, 0.5) is 0 Å². The van der Waals surface area contributed by atoms with Crippen molar-refractivity contribution in [1.29, 1.82) is 0 Å². The van der Waals surface area contributed by atoms with E-state index in [0.717, 1.165) is 0 Å². The Kier molecular flexibility index (Phi) is 7.16. The lowest BCUT2D eigenvalue weighted by Gasteiger charge is -2.44. The molecule has 0 N–H and O–H groups in total. The van der Waals surface area contributed by atoms with Gasteiger partial charge in [0.1, 0.15) is 5.92 Å². The largest absolute Gasteiger partial charge is 0.469 e. The number of carbonyl (C=O) groups is 3. The van der Waals surface area contributed by atoms with Crippen molar-refractivity contribution in [3.8, 4) is 0 Å². The maximum absolute atomic E-state index is 12.3. The van der Waals surface area contributed by atoms with Gasteiger partial charge >= 0.3 is 17.9 Å².